The average molecular weight is 601 g/mol. The van der Waals surface area contributed by atoms with E-state index in [0.29, 0.717) is 0 Å². The maximum atomic E-state index is 12.6. The minimum atomic E-state index is -4.37. The van der Waals surface area contributed by atoms with E-state index in [1.807, 2.05) is 91.0 Å². The van der Waals surface area contributed by atoms with Gasteiger partial charge in [-0.3, -0.25) is 0 Å². The Bertz CT molecular complexity index is 769. The van der Waals surface area contributed by atoms with Crippen LogP contribution in [0.15, 0.2) is 91.0 Å². The summed E-state index contributed by atoms with van der Waals surface area (Å²) in [6.45, 7) is 0. The quantitative estimate of drug-likeness (QED) is 0.338. The van der Waals surface area contributed by atoms with Crippen LogP contribution in [0, 0.1) is 0 Å². The van der Waals surface area contributed by atoms with Crippen LogP contribution in [0.5, 0.6) is 0 Å². The van der Waals surface area contributed by atoms with Crippen LogP contribution in [-0.4, -0.2) is 31.4 Å². The molecule has 6 heteroatoms. The fraction of sp³-hybridized carbons (Fsp3) is 0.0500. The Kier molecular flexibility index (Phi) is 6.28. The monoisotopic (exact) mass is 600 g/mol. The van der Waals surface area contributed by atoms with Crippen molar-refractivity contribution in [3.05, 3.63) is 91.0 Å². The molecule has 3 aromatic rings. The molecular formula is C20H15Cl3O2Pb. The summed E-state index contributed by atoms with van der Waals surface area (Å²) in [7, 11) is 0. The molecule has 0 N–H and O–H groups in total. The van der Waals surface area contributed by atoms with Gasteiger partial charge in [0.15, 0.2) is 0 Å². The summed E-state index contributed by atoms with van der Waals surface area (Å²) in [4.78, 5) is 12.6. The number of benzene rings is 3. The Labute approximate surface area is 173 Å². The standard InChI is InChI=1S/3C6H5.C2HCl3O2.Pb/c3*1-2-4-6-5-3-1;3-2(4,5)1(6)7;/h3*1-5H;(H,6,7);/q;;;;+1/p-1. The number of carbonyl (C=O) groups excluding carboxylic acids is 1. The van der Waals surface area contributed by atoms with Gasteiger partial charge in [0.25, 0.3) is 0 Å². The first-order valence-electron chi connectivity index (χ1n) is 7.91. The molecule has 0 heterocycles. The number of rotatable bonds is 4. The van der Waals surface area contributed by atoms with Crippen LogP contribution in [0.25, 0.3) is 0 Å². The van der Waals surface area contributed by atoms with E-state index in [0.717, 1.165) is 9.37 Å². The molecule has 0 aliphatic rings. The van der Waals surface area contributed by atoms with Crippen molar-refractivity contribution in [1.29, 1.82) is 0 Å². The Morgan fingerprint density at radius 2 is 0.962 bits per heavy atom. The summed E-state index contributed by atoms with van der Waals surface area (Å²) in [5, 5.41) is 0. The Morgan fingerprint density at radius 1 is 0.654 bits per heavy atom. The molecule has 0 atom stereocenters. The second-order valence-corrected chi connectivity index (χ2v) is 20.8. The summed E-state index contributed by atoms with van der Waals surface area (Å²) in [5.74, 6) is -0.847. The Hall–Kier alpha value is -1.08. The van der Waals surface area contributed by atoms with E-state index in [-0.39, 0.29) is 0 Å². The van der Waals surface area contributed by atoms with Gasteiger partial charge in [0, 0.05) is 0 Å². The molecule has 0 bridgehead atoms. The summed E-state index contributed by atoms with van der Waals surface area (Å²) in [5.41, 5.74) is 0. The fourth-order valence-electron chi connectivity index (χ4n) is 2.89. The molecule has 0 aliphatic heterocycles. The van der Waals surface area contributed by atoms with E-state index < -0.39 is 31.4 Å². The van der Waals surface area contributed by atoms with Gasteiger partial charge in [-0.25, -0.2) is 0 Å². The molecule has 0 saturated carbocycles. The molecule has 0 fully saturated rings. The molecule has 0 saturated heterocycles. The fourth-order valence-corrected chi connectivity index (χ4v) is 18.4. The van der Waals surface area contributed by atoms with Gasteiger partial charge in [-0.05, 0) is 0 Å². The van der Waals surface area contributed by atoms with Crippen molar-refractivity contribution in [3.8, 4) is 0 Å². The third-order valence-electron chi connectivity index (χ3n) is 4.02. The first-order chi connectivity index (χ1) is 12.4. The number of alkyl halides is 3. The number of hydrogen-bond donors (Lipinski definition) is 0. The second kappa shape index (κ2) is 8.30. The molecule has 0 aromatic heterocycles. The number of halogens is 3. The molecule has 26 heavy (non-hydrogen) atoms. The summed E-state index contributed by atoms with van der Waals surface area (Å²) in [6.07, 6.45) is 0. The summed E-state index contributed by atoms with van der Waals surface area (Å²) in [6, 6.07) is 29.2. The van der Waals surface area contributed by atoms with Crippen molar-refractivity contribution >= 4 is 71.8 Å². The topological polar surface area (TPSA) is 26.3 Å². The van der Waals surface area contributed by atoms with Crippen LogP contribution >= 0.6 is 34.8 Å². The zero-order chi connectivity index (χ0) is 18.6. The first kappa shape index (κ1) is 19.7. The predicted molar refractivity (Wildman–Crippen MR) is 110 cm³/mol. The van der Waals surface area contributed by atoms with Gasteiger partial charge in [-0.15, -0.1) is 0 Å². The van der Waals surface area contributed by atoms with E-state index >= 15 is 0 Å². The molecule has 2 nitrogen and oxygen atoms in total. The molecule has 0 amide bonds. The van der Waals surface area contributed by atoms with E-state index in [1.54, 1.807) is 0 Å². The zero-order valence-electron chi connectivity index (χ0n) is 13.6. The molecule has 132 valence electrons. The van der Waals surface area contributed by atoms with Crippen LogP contribution in [0.4, 0.5) is 0 Å². The van der Waals surface area contributed by atoms with Gasteiger partial charge in [0.1, 0.15) is 0 Å². The minimum absolute atomic E-state index is 0.847. The van der Waals surface area contributed by atoms with Crippen molar-refractivity contribution in [3.63, 3.8) is 0 Å². The van der Waals surface area contributed by atoms with Crippen molar-refractivity contribution in [1.82, 2.24) is 0 Å². The summed E-state index contributed by atoms with van der Waals surface area (Å²) < 4.78 is 6.93. The van der Waals surface area contributed by atoms with Gasteiger partial charge in [-0.2, -0.15) is 0 Å². The first-order valence-corrected chi connectivity index (χ1v) is 16.5. The van der Waals surface area contributed by atoms with Gasteiger partial charge >= 0.3 is 174 Å². The van der Waals surface area contributed by atoms with E-state index in [2.05, 4.69) is 0 Å². The molecular weight excluding hydrogens is 586 g/mol. The van der Waals surface area contributed by atoms with Crippen LogP contribution < -0.4 is 9.37 Å². The normalized spacial score (nSPS) is 11.8. The van der Waals surface area contributed by atoms with Crippen molar-refractivity contribution in [2.75, 3.05) is 0 Å². The third kappa shape index (κ3) is 4.09. The average Bonchev–Trinajstić information content (AvgIpc) is 2.67. The molecule has 3 aromatic carbocycles. The van der Waals surface area contributed by atoms with Crippen LogP contribution in [0.3, 0.4) is 0 Å². The van der Waals surface area contributed by atoms with Crippen molar-refractivity contribution in [2.45, 2.75) is 3.79 Å². The van der Waals surface area contributed by atoms with Gasteiger partial charge in [-0.1, -0.05) is 0 Å². The molecule has 0 unspecified atom stereocenters. The number of carbonyl (C=O) groups is 1. The van der Waals surface area contributed by atoms with E-state index in [4.69, 9.17) is 37.5 Å². The molecule has 0 aliphatic carbocycles. The molecule has 0 radical (unpaired) electrons. The zero-order valence-corrected chi connectivity index (χ0v) is 19.8. The maximum absolute atomic E-state index is 12.6. The van der Waals surface area contributed by atoms with Crippen molar-refractivity contribution < 1.29 is 7.48 Å². The van der Waals surface area contributed by atoms with Crippen LogP contribution in [0.1, 0.15) is 0 Å². The van der Waals surface area contributed by atoms with E-state index in [1.165, 1.54) is 0 Å². The van der Waals surface area contributed by atoms with Crippen LogP contribution in [0.2, 0.25) is 0 Å². The third-order valence-corrected chi connectivity index (χ3v) is 19.8. The molecule has 0 spiro atoms. The predicted octanol–water partition coefficient (Wildman–Crippen LogP) is 3.57. The molecule has 3 rings (SSSR count). The second-order valence-electron chi connectivity index (χ2n) is 5.67. The van der Waals surface area contributed by atoms with Crippen LogP contribution in [-0.2, 0) is 7.48 Å². The Balaban J connectivity index is 2.30. The van der Waals surface area contributed by atoms with Crippen molar-refractivity contribution in [2.24, 2.45) is 0 Å². The number of hydrogen-bond acceptors (Lipinski definition) is 2. The van der Waals surface area contributed by atoms with E-state index in [9.17, 15) is 4.79 Å². The van der Waals surface area contributed by atoms with Gasteiger partial charge < -0.3 is 0 Å². The Morgan fingerprint density at radius 3 is 1.23 bits per heavy atom. The van der Waals surface area contributed by atoms with Gasteiger partial charge in [0.2, 0.25) is 0 Å². The van der Waals surface area contributed by atoms with Gasteiger partial charge in [0.05, 0.1) is 0 Å². The SMILES string of the molecule is O=C([O][Pb]([c]1ccccc1)([c]1ccccc1)[c]1ccccc1)C(Cl)(Cl)Cl. The summed E-state index contributed by atoms with van der Waals surface area (Å²) >= 11 is 13.2.